The Balaban J connectivity index is 0.000000802. The van der Waals surface area contributed by atoms with Gasteiger partial charge in [0.1, 0.15) is 17.7 Å². The number of para-hydroxylation sites is 1. The Morgan fingerprint density at radius 3 is 2.57 bits per heavy atom. The molecule has 1 aromatic carbocycles. The number of dihydropyridines is 1. The number of methoxy groups -OCH3 is 1. The third-order valence-corrected chi connectivity index (χ3v) is 7.59. The molecule has 0 radical (unpaired) electrons. The van der Waals surface area contributed by atoms with E-state index in [1.165, 1.54) is 12.6 Å². The lowest BCUT2D eigenvalue weighted by molar-refractivity contribution is -0.117. The van der Waals surface area contributed by atoms with Gasteiger partial charge in [0.05, 0.1) is 47.9 Å². The number of rotatable bonds is 10. The summed E-state index contributed by atoms with van der Waals surface area (Å²) in [7, 11) is 4.80. The fourth-order valence-corrected chi connectivity index (χ4v) is 4.78. The topological polar surface area (TPSA) is 160 Å². The van der Waals surface area contributed by atoms with E-state index in [2.05, 4.69) is 49.9 Å². The van der Waals surface area contributed by atoms with Crippen molar-refractivity contribution in [1.29, 1.82) is 0 Å². The minimum Gasteiger partial charge on any atom is -0.494 e. The molecule has 1 fully saturated rings. The number of benzene rings is 1. The number of pyridine rings is 1. The van der Waals surface area contributed by atoms with E-state index in [9.17, 15) is 9.59 Å². The fourth-order valence-electron chi connectivity index (χ4n) is 4.78. The van der Waals surface area contributed by atoms with Gasteiger partial charge in [-0.15, -0.1) is 0 Å². The molecule has 1 aliphatic carbocycles. The van der Waals surface area contributed by atoms with E-state index in [0.29, 0.717) is 35.4 Å². The molecule has 44 heavy (non-hydrogen) atoms. The van der Waals surface area contributed by atoms with Crippen molar-refractivity contribution in [3.8, 4) is 5.75 Å². The molecule has 0 bridgehead atoms. The molecule has 5 rings (SSSR count). The number of aromatic nitrogens is 1. The number of nitrogens with two attached hydrogens (primary N) is 2. The maximum absolute atomic E-state index is 12.2. The largest absolute Gasteiger partial charge is 0.494 e. The number of hydrogen-bond donors (Lipinski definition) is 6. The number of fused-ring (bicyclic) bond motifs is 1. The minimum atomic E-state index is -0.433. The highest BCUT2D eigenvalue weighted by atomic mass is 16.5. The van der Waals surface area contributed by atoms with E-state index in [4.69, 9.17) is 16.2 Å². The second-order valence-electron chi connectivity index (χ2n) is 10.6. The Morgan fingerprint density at radius 2 is 1.95 bits per heavy atom. The van der Waals surface area contributed by atoms with Crippen LogP contribution in [-0.4, -0.2) is 56.4 Å². The van der Waals surface area contributed by atoms with Gasteiger partial charge in [-0.05, 0) is 48.6 Å². The van der Waals surface area contributed by atoms with Crippen molar-refractivity contribution in [1.82, 2.24) is 25.8 Å². The van der Waals surface area contributed by atoms with Gasteiger partial charge >= 0.3 is 0 Å². The molecule has 1 saturated carbocycles. The molecule has 232 valence electrons. The lowest BCUT2D eigenvalue weighted by Crippen LogP contribution is -2.34. The highest BCUT2D eigenvalue weighted by molar-refractivity contribution is 5.94. The molecule has 11 heteroatoms. The van der Waals surface area contributed by atoms with Crippen molar-refractivity contribution in [2.45, 2.75) is 25.8 Å². The van der Waals surface area contributed by atoms with Crippen LogP contribution in [0.4, 0.5) is 5.69 Å². The monoisotopic (exact) mass is 598 g/mol. The molecular weight excluding hydrogens is 556 g/mol. The van der Waals surface area contributed by atoms with Crippen LogP contribution in [0.1, 0.15) is 29.7 Å². The van der Waals surface area contributed by atoms with Crippen molar-refractivity contribution >= 4 is 23.5 Å². The predicted octanol–water partition coefficient (Wildman–Crippen LogP) is 2.48. The Labute approximate surface area is 258 Å². The minimum absolute atomic E-state index is 0.0108. The molecule has 0 spiro atoms. The lowest BCUT2D eigenvalue weighted by atomic mass is 9.99. The van der Waals surface area contributed by atoms with Gasteiger partial charge < -0.3 is 47.2 Å². The maximum Gasteiger partial charge on any atom is 0.269 e. The number of allylic oxidation sites excluding steroid dienone is 3. The standard InChI is InChI=1S/C29H36N8O2.C4H6O/c1-18(37-14-12-19-7-6-13-34-25(19)17-37)22-11-10-20(16-35-22)21-8-5-9-23(28(21)39-4)36-24(15-26(30)32-2)27(31)29(38)33-3;5-3-4-1-2-4/h5-11,13,15,32,35-36H,1,12,14,16-17,30-31H2,2-4H3,(H,33,38);3-4H,1-2H2/b26-15+,27-24+;. The Morgan fingerprint density at radius 1 is 1.16 bits per heavy atom. The quantitative estimate of drug-likeness (QED) is 0.136. The Kier molecular flexibility index (Phi) is 10.7. The van der Waals surface area contributed by atoms with Gasteiger partial charge in [-0.2, -0.15) is 0 Å². The summed E-state index contributed by atoms with van der Waals surface area (Å²) in [5.41, 5.74) is 19.3. The van der Waals surface area contributed by atoms with Crippen LogP contribution in [-0.2, 0) is 22.6 Å². The van der Waals surface area contributed by atoms with Crippen LogP contribution in [0.25, 0.3) is 5.57 Å². The van der Waals surface area contributed by atoms with Crippen LogP contribution in [0.15, 0.2) is 89.9 Å². The zero-order valence-corrected chi connectivity index (χ0v) is 25.6. The average Bonchev–Trinajstić information content (AvgIpc) is 3.92. The first kappa shape index (κ1) is 31.7. The number of carbonyl (C=O) groups excluding carboxylic acids is 2. The third kappa shape index (κ3) is 7.80. The normalized spacial score (nSPS) is 16.3. The highest BCUT2D eigenvalue weighted by Crippen LogP contribution is 2.36. The summed E-state index contributed by atoms with van der Waals surface area (Å²) in [4.78, 5) is 28.6. The second kappa shape index (κ2) is 14.8. The second-order valence-corrected chi connectivity index (χ2v) is 10.6. The zero-order chi connectivity index (χ0) is 31.6. The molecule has 1 amide bonds. The molecular formula is C33H42N8O3. The summed E-state index contributed by atoms with van der Waals surface area (Å²) in [6.07, 6.45) is 11.8. The molecule has 2 aliphatic heterocycles. The Bertz CT molecular complexity index is 1520. The van der Waals surface area contributed by atoms with Gasteiger partial charge in [0.25, 0.3) is 5.91 Å². The number of anilines is 1. The molecule has 8 N–H and O–H groups in total. The summed E-state index contributed by atoms with van der Waals surface area (Å²) in [6, 6.07) is 9.88. The van der Waals surface area contributed by atoms with Crippen molar-refractivity contribution < 1.29 is 14.3 Å². The fraction of sp³-hybridized carbons (Fsp3) is 0.303. The molecule has 1 aromatic heterocycles. The Hall–Kier alpha value is -5.19. The van der Waals surface area contributed by atoms with Crippen LogP contribution < -0.4 is 37.5 Å². The average molecular weight is 599 g/mol. The lowest BCUT2D eigenvalue weighted by Gasteiger charge is -2.33. The maximum atomic E-state index is 12.2. The number of hydrogen-bond acceptors (Lipinski definition) is 10. The summed E-state index contributed by atoms with van der Waals surface area (Å²) in [5.74, 6) is 0.968. The first-order chi connectivity index (χ1) is 21.3. The molecule has 0 saturated heterocycles. The van der Waals surface area contributed by atoms with Crippen molar-refractivity contribution in [3.63, 3.8) is 0 Å². The molecule has 3 aliphatic rings. The van der Waals surface area contributed by atoms with Crippen LogP contribution in [0.2, 0.25) is 0 Å². The van der Waals surface area contributed by atoms with E-state index in [0.717, 1.165) is 66.9 Å². The predicted molar refractivity (Wildman–Crippen MR) is 174 cm³/mol. The van der Waals surface area contributed by atoms with E-state index in [1.54, 1.807) is 20.2 Å². The van der Waals surface area contributed by atoms with E-state index in [-0.39, 0.29) is 5.70 Å². The van der Waals surface area contributed by atoms with Crippen LogP contribution >= 0.6 is 0 Å². The van der Waals surface area contributed by atoms with Crippen molar-refractivity contribution in [2.75, 3.05) is 39.6 Å². The number of likely N-dealkylation sites (N-methyl/N-ethyl adjacent to an activating group) is 1. The molecule has 0 unspecified atom stereocenters. The van der Waals surface area contributed by atoms with E-state index >= 15 is 0 Å². The summed E-state index contributed by atoms with van der Waals surface area (Å²) < 4.78 is 5.82. The number of ether oxygens (including phenoxy) is 1. The van der Waals surface area contributed by atoms with Crippen molar-refractivity contribution in [2.24, 2.45) is 17.4 Å². The first-order valence-corrected chi connectivity index (χ1v) is 14.6. The molecule has 11 nitrogen and oxygen atoms in total. The number of amides is 1. The SMILES string of the molecule is C=C(C1=CC=C(c2cccc(NC(/C=C(\N)NC)=C(/N)C(=O)NC)c2OC)CN1)N1CCc2cccnc2C1.O=CC1CC1. The first-order valence-electron chi connectivity index (χ1n) is 14.6. The molecule has 3 heterocycles. The highest BCUT2D eigenvalue weighted by Gasteiger charge is 2.22. The van der Waals surface area contributed by atoms with Crippen LogP contribution in [0.5, 0.6) is 5.75 Å². The smallest absolute Gasteiger partial charge is 0.269 e. The van der Waals surface area contributed by atoms with E-state index < -0.39 is 5.91 Å². The molecule has 0 atom stereocenters. The number of nitrogens with zero attached hydrogens (tertiary/aromatic N) is 2. The van der Waals surface area contributed by atoms with Crippen LogP contribution in [0, 0.1) is 5.92 Å². The zero-order valence-electron chi connectivity index (χ0n) is 25.6. The number of nitrogens with one attached hydrogen (secondary N) is 4. The van der Waals surface area contributed by atoms with Crippen LogP contribution in [0.3, 0.4) is 0 Å². The van der Waals surface area contributed by atoms with Gasteiger partial charge in [-0.25, -0.2) is 0 Å². The van der Waals surface area contributed by atoms with Gasteiger partial charge in [0.15, 0.2) is 0 Å². The van der Waals surface area contributed by atoms with Gasteiger partial charge in [0, 0.05) is 50.9 Å². The summed E-state index contributed by atoms with van der Waals surface area (Å²) in [6.45, 7) is 6.58. The van der Waals surface area contributed by atoms with E-state index in [1.807, 2.05) is 36.5 Å². The third-order valence-electron chi connectivity index (χ3n) is 7.59. The summed E-state index contributed by atoms with van der Waals surface area (Å²) in [5, 5.41) is 12.1. The summed E-state index contributed by atoms with van der Waals surface area (Å²) >= 11 is 0. The van der Waals surface area contributed by atoms with Gasteiger partial charge in [0.2, 0.25) is 0 Å². The van der Waals surface area contributed by atoms with Gasteiger partial charge in [-0.1, -0.05) is 30.9 Å². The molecule has 2 aromatic rings. The van der Waals surface area contributed by atoms with Gasteiger partial charge in [-0.3, -0.25) is 9.78 Å². The number of aldehydes is 1. The van der Waals surface area contributed by atoms with Crippen molar-refractivity contribution in [3.05, 3.63) is 107 Å². The number of carbonyl (C=O) groups is 2.